The summed E-state index contributed by atoms with van der Waals surface area (Å²) in [5.74, 6) is 0.783. The Morgan fingerprint density at radius 1 is 1.44 bits per heavy atom. The number of nitrogens with two attached hydrogens (primary N) is 1. The van der Waals surface area contributed by atoms with Crippen molar-refractivity contribution >= 4 is 5.91 Å². The van der Waals surface area contributed by atoms with E-state index in [0.717, 1.165) is 32.2 Å². The summed E-state index contributed by atoms with van der Waals surface area (Å²) in [5.41, 5.74) is 5.95. The van der Waals surface area contributed by atoms with Crippen LogP contribution in [0, 0.1) is 5.92 Å². The van der Waals surface area contributed by atoms with Crippen LogP contribution in [0.1, 0.15) is 52.9 Å². The summed E-state index contributed by atoms with van der Waals surface area (Å²) in [6.45, 7) is 7.36. The van der Waals surface area contributed by atoms with E-state index >= 15 is 0 Å². The van der Waals surface area contributed by atoms with Crippen molar-refractivity contribution in [2.45, 2.75) is 65.0 Å². The van der Waals surface area contributed by atoms with Gasteiger partial charge in [0.15, 0.2) is 0 Å². The Morgan fingerprint density at radius 2 is 2.12 bits per heavy atom. The molecule has 1 saturated heterocycles. The van der Waals surface area contributed by atoms with E-state index in [1.165, 1.54) is 6.42 Å². The minimum Gasteiger partial charge on any atom is -0.338 e. The number of carbonyl (C=O) groups is 1. The van der Waals surface area contributed by atoms with Crippen LogP contribution in [0.5, 0.6) is 0 Å². The van der Waals surface area contributed by atoms with Crippen molar-refractivity contribution in [2.24, 2.45) is 11.7 Å². The topological polar surface area (TPSA) is 46.3 Å². The van der Waals surface area contributed by atoms with Gasteiger partial charge in [-0.25, -0.2) is 0 Å². The van der Waals surface area contributed by atoms with Gasteiger partial charge in [0.25, 0.3) is 0 Å². The van der Waals surface area contributed by atoms with Crippen molar-refractivity contribution in [3.8, 4) is 0 Å². The quantitative estimate of drug-likeness (QED) is 0.798. The molecule has 1 aliphatic heterocycles. The smallest absolute Gasteiger partial charge is 0.239 e. The van der Waals surface area contributed by atoms with Gasteiger partial charge in [0, 0.05) is 12.6 Å². The molecule has 2 unspecified atom stereocenters. The minimum atomic E-state index is -0.285. The molecule has 0 radical (unpaired) electrons. The fourth-order valence-electron chi connectivity index (χ4n) is 2.36. The lowest BCUT2D eigenvalue weighted by molar-refractivity contribution is -0.137. The summed E-state index contributed by atoms with van der Waals surface area (Å²) in [4.78, 5) is 14.2. The molecular formula is C13H26N2O. The highest BCUT2D eigenvalue weighted by molar-refractivity contribution is 5.82. The van der Waals surface area contributed by atoms with Crippen LogP contribution < -0.4 is 5.73 Å². The van der Waals surface area contributed by atoms with Crippen molar-refractivity contribution in [2.75, 3.05) is 6.54 Å². The number of piperidine rings is 1. The Kier molecular flexibility index (Phi) is 5.26. The Hall–Kier alpha value is -0.570. The zero-order valence-electron chi connectivity index (χ0n) is 10.9. The fraction of sp³-hybridized carbons (Fsp3) is 0.923. The lowest BCUT2D eigenvalue weighted by Crippen LogP contribution is -2.51. The molecule has 1 heterocycles. The Morgan fingerprint density at radius 3 is 2.75 bits per heavy atom. The molecular weight excluding hydrogens is 200 g/mol. The third kappa shape index (κ3) is 3.48. The van der Waals surface area contributed by atoms with Gasteiger partial charge in [0.2, 0.25) is 5.91 Å². The first-order valence-electron chi connectivity index (χ1n) is 6.62. The van der Waals surface area contributed by atoms with Gasteiger partial charge in [0.1, 0.15) is 0 Å². The van der Waals surface area contributed by atoms with Gasteiger partial charge < -0.3 is 10.6 Å². The molecule has 0 spiro atoms. The van der Waals surface area contributed by atoms with Crippen LogP contribution in [0.4, 0.5) is 0 Å². The zero-order valence-corrected chi connectivity index (χ0v) is 10.9. The summed E-state index contributed by atoms with van der Waals surface area (Å²) in [6.07, 6.45) is 5.33. The van der Waals surface area contributed by atoms with E-state index in [1.54, 1.807) is 0 Å². The van der Waals surface area contributed by atoms with E-state index in [0.29, 0.717) is 12.0 Å². The Bertz CT molecular complexity index is 230. The van der Waals surface area contributed by atoms with Crippen LogP contribution in [0.2, 0.25) is 0 Å². The van der Waals surface area contributed by atoms with E-state index in [4.69, 9.17) is 5.73 Å². The monoisotopic (exact) mass is 226 g/mol. The summed E-state index contributed by atoms with van der Waals surface area (Å²) in [6, 6.07) is 0.0871. The lowest BCUT2D eigenvalue weighted by atomic mass is 9.94. The second kappa shape index (κ2) is 6.24. The van der Waals surface area contributed by atoms with Gasteiger partial charge in [-0.15, -0.1) is 0 Å². The van der Waals surface area contributed by atoms with Gasteiger partial charge >= 0.3 is 0 Å². The molecule has 0 aromatic rings. The number of carbonyl (C=O) groups excluding carboxylic acids is 1. The van der Waals surface area contributed by atoms with Crippen LogP contribution in [0.15, 0.2) is 0 Å². The van der Waals surface area contributed by atoms with Gasteiger partial charge in [-0.2, -0.15) is 0 Å². The third-order valence-corrected chi connectivity index (χ3v) is 3.59. The normalized spacial score (nSPS) is 27.9. The van der Waals surface area contributed by atoms with E-state index < -0.39 is 0 Å². The average molecular weight is 226 g/mol. The van der Waals surface area contributed by atoms with Gasteiger partial charge in [-0.3, -0.25) is 4.79 Å². The highest BCUT2D eigenvalue weighted by atomic mass is 16.2. The third-order valence-electron chi connectivity index (χ3n) is 3.59. The highest BCUT2D eigenvalue weighted by Crippen LogP contribution is 2.22. The van der Waals surface area contributed by atoms with E-state index in [1.807, 2.05) is 4.90 Å². The van der Waals surface area contributed by atoms with Gasteiger partial charge in [-0.1, -0.05) is 26.7 Å². The van der Waals surface area contributed by atoms with Crippen molar-refractivity contribution < 1.29 is 4.79 Å². The number of hydrogen-bond donors (Lipinski definition) is 1. The molecule has 2 N–H and O–H groups in total. The number of rotatable bonds is 4. The Labute approximate surface area is 99.4 Å². The first kappa shape index (κ1) is 13.5. The molecule has 16 heavy (non-hydrogen) atoms. The average Bonchev–Trinajstić information content (AvgIpc) is 2.28. The molecule has 1 fully saturated rings. The second-order valence-corrected chi connectivity index (χ2v) is 5.27. The molecule has 1 amide bonds. The van der Waals surface area contributed by atoms with Crippen LogP contribution in [-0.2, 0) is 4.79 Å². The molecule has 3 atom stereocenters. The molecule has 0 aromatic heterocycles. The van der Waals surface area contributed by atoms with E-state index in [9.17, 15) is 4.79 Å². The molecule has 3 nitrogen and oxygen atoms in total. The van der Waals surface area contributed by atoms with E-state index in [-0.39, 0.29) is 11.9 Å². The summed E-state index contributed by atoms with van der Waals surface area (Å²) in [7, 11) is 0. The summed E-state index contributed by atoms with van der Waals surface area (Å²) < 4.78 is 0. The van der Waals surface area contributed by atoms with Crippen molar-refractivity contribution in [1.82, 2.24) is 4.90 Å². The lowest BCUT2D eigenvalue weighted by Gasteiger charge is -2.38. The number of amides is 1. The second-order valence-electron chi connectivity index (χ2n) is 5.27. The molecule has 94 valence electrons. The fourth-order valence-corrected chi connectivity index (χ4v) is 2.36. The Balaban J connectivity index is 2.50. The van der Waals surface area contributed by atoms with Crippen molar-refractivity contribution in [3.05, 3.63) is 0 Å². The van der Waals surface area contributed by atoms with Crippen molar-refractivity contribution in [1.29, 1.82) is 0 Å². The predicted octanol–water partition coefficient (Wildman–Crippen LogP) is 2.15. The maximum Gasteiger partial charge on any atom is 0.239 e. The van der Waals surface area contributed by atoms with Crippen LogP contribution in [0.25, 0.3) is 0 Å². The highest BCUT2D eigenvalue weighted by Gasteiger charge is 2.29. The number of likely N-dealkylation sites (tertiary alicyclic amines) is 1. The SMILES string of the molecule is CCCC[C@H](N)C(=O)N1CC(C)CCC1C. The van der Waals surface area contributed by atoms with Crippen LogP contribution in [0.3, 0.4) is 0 Å². The molecule has 0 bridgehead atoms. The maximum atomic E-state index is 12.2. The van der Waals surface area contributed by atoms with Crippen LogP contribution in [-0.4, -0.2) is 29.4 Å². The molecule has 0 saturated carbocycles. The van der Waals surface area contributed by atoms with Crippen molar-refractivity contribution in [3.63, 3.8) is 0 Å². The number of unbranched alkanes of at least 4 members (excludes halogenated alkanes) is 1. The standard InChI is InChI=1S/C13H26N2O/c1-4-5-6-12(14)13(16)15-9-10(2)7-8-11(15)3/h10-12H,4-9,14H2,1-3H3/t10?,11?,12-/m0/s1. The maximum absolute atomic E-state index is 12.2. The number of nitrogens with zero attached hydrogens (tertiary/aromatic N) is 1. The molecule has 3 heteroatoms. The van der Waals surface area contributed by atoms with E-state index in [2.05, 4.69) is 20.8 Å². The first-order valence-corrected chi connectivity index (χ1v) is 6.62. The summed E-state index contributed by atoms with van der Waals surface area (Å²) in [5, 5.41) is 0. The largest absolute Gasteiger partial charge is 0.338 e. The zero-order chi connectivity index (χ0) is 12.1. The van der Waals surface area contributed by atoms with Crippen LogP contribution >= 0.6 is 0 Å². The molecule has 1 aliphatic rings. The minimum absolute atomic E-state index is 0.160. The molecule has 0 aromatic carbocycles. The molecule has 1 rings (SSSR count). The van der Waals surface area contributed by atoms with Gasteiger partial charge in [-0.05, 0) is 32.1 Å². The first-order chi connectivity index (χ1) is 7.56. The summed E-state index contributed by atoms with van der Waals surface area (Å²) >= 11 is 0. The molecule has 0 aliphatic carbocycles. The van der Waals surface area contributed by atoms with Gasteiger partial charge in [0.05, 0.1) is 6.04 Å². The predicted molar refractivity (Wildman–Crippen MR) is 67.1 cm³/mol. The number of hydrogen-bond acceptors (Lipinski definition) is 2.